The molecule has 3 aliphatic heterocycles. The summed E-state index contributed by atoms with van der Waals surface area (Å²) in [6, 6.07) is 0. The van der Waals surface area contributed by atoms with Crippen LogP contribution in [0.1, 0.15) is 49.6 Å². The first kappa shape index (κ1) is 54.0. The van der Waals surface area contributed by atoms with Crippen molar-refractivity contribution in [2.24, 2.45) is 0 Å². The van der Waals surface area contributed by atoms with E-state index in [-0.39, 0.29) is 61.6 Å². The van der Waals surface area contributed by atoms with Crippen molar-refractivity contribution in [1.82, 2.24) is 38.6 Å². The van der Waals surface area contributed by atoms with Gasteiger partial charge in [-0.25, -0.2) is 19.5 Å². The maximum absolute atomic E-state index is 14.3. The zero-order chi connectivity index (χ0) is 50.7. The molecule has 7 rings (SSSR count). The number of anilines is 3. The van der Waals surface area contributed by atoms with Gasteiger partial charge in [-0.05, 0) is 20.3 Å². The SMILES string of the molecule is CC[C@H]1O[C@@H](n2cnc3c(=O)[nH]c(N)nc32)CC1OP([O-])(=S)OC[C@H]1O[C@@H](n2cc(C)c(N)nc2=O)[C@@H](OCCOC)C1OP(=O)([S-])OC[C@H]1O[C@@H](n2cc(C)c(N)nc2=O)[C@@H](OCCOC)C1OO. The van der Waals surface area contributed by atoms with Gasteiger partial charge >= 0.3 is 11.4 Å². The molecule has 29 nitrogen and oxygen atoms in total. The van der Waals surface area contributed by atoms with Crippen LogP contribution in [-0.2, 0) is 84.8 Å². The predicted molar refractivity (Wildman–Crippen MR) is 246 cm³/mol. The lowest BCUT2D eigenvalue weighted by Crippen LogP contribution is -2.41. The third kappa shape index (κ3) is 12.2. The Morgan fingerprint density at radius 1 is 0.829 bits per heavy atom. The second-order valence-electron chi connectivity index (χ2n) is 16.1. The second-order valence-corrected chi connectivity index (χ2v) is 21.5. The van der Waals surface area contributed by atoms with Crippen LogP contribution in [0.2, 0.25) is 0 Å². The molecule has 0 saturated carbocycles. The van der Waals surface area contributed by atoms with Gasteiger partial charge in [0.05, 0.1) is 58.2 Å². The summed E-state index contributed by atoms with van der Waals surface area (Å²) in [5.41, 5.74) is 16.3. The molecule has 0 aromatic carbocycles. The van der Waals surface area contributed by atoms with Gasteiger partial charge in [-0.1, -0.05) is 18.7 Å². The molecule has 0 aliphatic carbocycles. The fraction of sp³-hybridized carbons (Fsp3) is 0.649. The van der Waals surface area contributed by atoms with Crippen molar-refractivity contribution >= 4 is 66.3 Å². The zero-order valence-corrected chi connectivity index (χ0v) is 41.6. The lowest BCUT2D eigenvalue weighted by Gasteiger charge is -2.35. The Morgan fingerprint density at radius 2 is 1.39 bits per heavy atom. The highest BCUT2D eigenvalue weighted by Gasteiger charge is 2.52. The van der Waals surface area contributed by atoms with Crippen molar-refractivity contribution in [3.8, 4) is 0 Å². The standard InChI is InChI=1S/C37H55N11O18P2S2/c1-6-19-20(11-23(61-19)48-16-41-24-31(48)44-35(40)45-32(24)49)65-67(53,69)59-15-22-26(28(58-10-8-56-5)34(63-22)47-13-18(3)30(39)43-37(47)51)66-68(54,70)60-14-21-25(64-52)27(57-9-7-55-4)33(62-21)46-12-17(2)29(38)42-36(46)50/h12-13,16,19-23,25-28,33-34,52H,6-11,14-15H2,1-5H3,(H,53,69)(H,54,70)(H2,38,42,50)(H2,39,43,51)(H3,40,44,45,49)/p-2/t19-,20?,21-,22-,23-,25?,26?,27+,28+,33-,34-,67?,68?/m1/s1. The second kappa shape index (κ2) is 22.9. The van der Waals surface area contributed by atoms with Crippen LogP contribution >= 0.6 is 13.5 Å². The molecule has 0 bridgehead atoms. The minimum Gasteiger partial charge on any atom is -0.780 e. The van der Waals surface area contributed by atoms with Crippen LogP contribution in [0, 0.1) is 13.8 Å². The Labute approximate surface area is 407 Å². The van der Waals surface area contributed by atoms with E-state index in [9.17, 15) is 29.1 Å². The number of imidazole rings is 1. The molecule has 33 heteroatoms. The first-order chi connectivity index (χ1) is 33.3. The van der Waals surface area contributed by atoms with Crippen LogP contribution in [0.25, 0.3) is 11.2 Å². The number of methoxy groups -OCH3 is 2. The van der Waals surface area contributed by atoms with Gasteiger partial charge in [-0.3, -0.25) is 33.3 Å². The molecule has 3 saturated heterocycles. The van der Waals surface area contributed by atoms with E-state index >= 15 is 0 Å². The van der Waals surface area contributed by atoms with Gasteiger partial charge in [0.25, 0.3) is 5.56 Å². The molecule has 70 heavy (non-hydrogen) atoms. The van der Waals surface area contributed by atoms with E-state index in [4.69, 9.17) is 97.4 Å². The van der Waals surface area contributed by atoms with Crippen LogP contribution in [0.4, 0.5) is 17.6 Å². The Balaban J connectivity index is 1.12. The fourth-order valence-corrected chi connectivity index (χ4v) is 10.9. The maximum Gasteiger partial charge on any atom is 0.351 e. The van der Waals surface area contributed by atoms with Crippen molar-refractivity contribution in [1.29, 1.82) is 0 Å². The molecule has 0 radical (unpaired) electrons. The third-order valence-corrected chi connectivity index (χ3v) is 14.5. The highest BCUT2D eigenvalue weighted by atomic mass is 32.7. The van der Waals surface area contributed by atoms with Crippen LogP contribution in [0.5, 0.6) is 0 Å². The van der Waals surface area contributed by atoms with E-state index in [0.717, 1.165) is 9.13 Å². The van der Waals surface area contributed by atoms with Crippen molar-refractivity contribution in [3.63, 3.8) is 0 Å². The largest absolute Gasteiger partial charge is 0.780 e. The van der Waals surface area contributed by atoms with E-state index < -0.39 is 111 Å². The molecule has 3 fully saturated rings. The van der Waals surface area contributed by atoms with Crippen molar-refractivity contribution in [3.05, 3.63) is 61.2 Å². The van der Waals surface area contributed by atoms with Crippen molar-refractivity contribution in [2.75, 3.05) is 71.1 Å². The number of nitrogen functional groups attached to an aromatic ring is 3. The number of nitrogens with two attached hydrogens (primary N) is 3. The molecular weight excluding hydrogens is 1010 g/mol. The van der Waals surface area contributed by atoms with Gasteiger partial charge in [-0.2, -0.15) is 15.0 Å². The number of rotatable bonds is 23. The monoisotopic (exact) mass is 1070 g/mol. The number of hydrogen-bond acceptors (Lipinski definition) is 27. The minimum atomic E-state index is -4.76. The quantitative estimate of drug-likeness (QED) is 0.0205. The fourth-order valence-electron chi connectivity index (χ4n) is 8.00. The summed E-state index contributed by atoms with van der Waals surface area (Å²) in [6.45, 7) is -5.65. The number of aromatic amines is 1. The predicted octanol–water partition coefficient (Wildman–Crippen LogP) is -0.546. The average molecular weight is 1070 g/mol. The molecule has 4 aromatic rings. The van der Waals surface area contributed by atoms with Crippen LogP contribution in [-0.4, -0.2) is 147 Å². The summed E-state index contributed by atoms with van der Waals surface area (Å²) in [6.07, 6.45) is -8.80. The number of aromatic nitrogens is 8. The van der Waals surface area contributed by atoms with Crippen molar-refractivity contribution in [2.45, 2.75) is 101 Å². The van der Waals surface area contributed by atoms with Crippen LogP contribution < -0.4 is 39.0 Å². The Bertz CT molecular complexity index is 2750. The normalized spacial score (nSPS) is 28.7. The average Bonchev–Trinajstić information content (AvgIpc) is 4.08. The summed E-state index contributed by atoms with van der Waals surface area (Å²) >= 11 is 10.8. The number of ether oxygens (including phenoxy) is 7. The summed E-state index contributed by atoms with van der Waals surface area (Å²) in [5, 5.41) is 10.1. The summed E-state index contributed by atoms with van der Waals surface area (Å²) < 4.78 is 82.4. The topological polar surface area (TPSA) is 383 Å². The van der Waals surface area contributed by atoms with Gasteiger partial charge < -0.3 is 85.6 Å². The Hall–Kier alpha value is -3.82. The molecule has 388 valence electrons. The zero-order valence-electron chi connectivity index (χ0n) is 38.2. The summed E-state index contributed by atoms with van der Waals surface area (Å²) in [5.74, 6) is -0.224. The van der Waals surface area contributed by atoms with Crippen molar-refractivity contribution < 1.29 is 70.9 Å². The van der Waals surface area contributed by atoms with E-state index in [2.05, 4.69) is 24.9 Å². The number of aryl methyl sites for hydroxylation is 2. The molecular formula is C37H53N11O18P2S2-2. The molecule has 4 aromatic heterocycles. The van der Waals surface area contributed by atoms with Gasteiger partial charge in [0.1, 0.15) is 55.1 Å². The van der Waals surface area contributed by atoms with Crippen LogP contribution in [0.3, 0.4) is 0 Å². The molecule has 3 aliphatic rings. The number of nitrogens with zero attached hydrogens (tertiary/aromatic N) is 7. The lowest BCUT2D eigenvalue weighted by atomic mass is 10.1. The molecule has 13 atom stereocenters. The van der Waals surface area contributed by atoms with Gasteiger partial charge in [0.2, 0.25) is 5.95 Å². The van der Waals surface area contributed by atoms with Crippen LogP contribution in [0.15, 0.2) is 33.1 Å². The maximum atomic E-state index is 14.3. The first-order valence-electron chi connectivity index (χ1n) is 21.5. The molecule has 0 spiro atoms. The Kier molecular flexibility index (Phi) is 17.7. The van der Waals surface area contributed by atoms with E-state index in [1.807, 2.05) is 0 Å². The number of fused-ring (bicyclic) bond motifs is 1. The summed E-state index contributed by atoms with van der Waals surface area (Å²) in [7, 11) is 2.86. The minimum absolute atomic E-state index is 0.0193. The Morgan fingerprint density at radius 3 is 1.94 bits per heavy atom. The highest BCUT2D eigenvalue weighted by Crippen LogP contribution is 2.53. The molecule has 7 heterocycles. The third-order valence-electron chi connectivity index (χ3n) is 11.4. The first-order valence-corrected chi connectivity index (χ1v) is 26.6. The van der Waals surface area contributed by atoms with E-state index in [1.54, 1.807) is 20.8 Å². The lowest BCUT2D eigenvalue weighted by molar-refractivity contribution is -0.303. The van der Waals surface area contributed by atoms with Gasteiger partial charge in [0, 0.05) is 44.2 Å². The van der Waals surface area contributed by atoms with Gasteiger partial charge in [-0.15, -0.1) is 0 Å². The van der Waals surface area contributed by atoms with E-state index in [1.165, 1.54) is 37.5 Å². The number of nitrogens with one attached hydrogen (secondary N) is 1. The highest BCUT2D eigenvalue weighted by molar-refractivity contribution is 8.32. The van der Waals surface area contributed by atoms with E-state index in [0.29, 0.717) is 17.5 Å². The summed E-state index contributed by atoms with van der Waals surface area (Å²) in [4.78, 5) is 76.1. The smallest absolute Gasteiger partial charge is 0.351 e. The number of H-pyrrole nitrogens is 1. The molecule has 0 amide bonds. The van der Waals surface area contributed by atoms with Gasteiger partial charge in [0.15, 0.2) is 36.5 Å². The molecule has 8 N–H and O–H groups in total. The number of hydrogen-bond donors (Lipinski definition) is 5. The molecule has 5 unspecified atom stereocenters.